The van der Waals surface area contributed by atoms with E-state index in [9.17, 15) is 18.0 Å². The van der Waals surface area contributed by atoms with Gasteiger partial charge in [0.15, 0.2) is 0 Å². The number of amides is 2. The van der Waals surface area contributed by atoms with E-state index >= 15 is 0 Å². The largest absolute Gasteiger partial charge is 0.354 e. The van der Waals surface area contributed by atoms with Gasteiger partial charge in [0.25, 0.3) is 0 Å². The number of carbonyl (C=O) groups excluding carboxylic acids is 2. The molecular formula is C30H36ClN3O4S. The molecule has 3 rings (SSSR count). The van der Waals surface area contributed by atoms with E-state index < -0.39 is 28.5 Å². The van der Waals surface area contributed by atoms with E-state index in [4.69, 9.17) is 11.6 Å². The van der Waals surface area contributed by atoms with Crippen LogP contribution in [-0.4, -0.2) is 50.5 Å². The maximum absolute atomic E-state index is 14.1. The molecule has 39 heavy (non-hydrogen) atoms. The Morgan fingerprint density at radius 2 is 1.51 bits per heavy atom. The third kappa shape index (κ3) is 8.31. The smallest absolute Gasteiger partial charge is 0.244 e. The Hall–Kier alpha value is -3.36. The van der Waals surface area contributed by atoms with Gasteiger partial charge in [-0.25, -0.2) is 8.42 Å². The van der Waals surface area contributed by atoms with Crippen molar-refractivity contribution in [2.45, 2.75) is 46.2 Å². The quantitative estimate of drug-likeness (QED) is 0.336. The summed E-state index contributed by atoms with van der Waals surface area (Å²) in [6.45, 7) is 5.71. The first-order valence-electron chi connectivity index (χ1n) is 12.9. The van der Waals surface area contributed by atoms with Gasteiger partial charge in [0.05, 0.1) is 11.9 Å². The van der Waals surface area contributed by atoms with Gasteiger partial charge in [0.1, 0.15) is 12.6 Å². The van der Waals surface area contributed by atoms with Crippen LogP contribution in [0.25, 0.3) is 0 Å². The second-order valence-corrected chi connectivity index (χ2v) is 12.0. The third-order valence-electron chi connectivity index (χ3n) is 6.45. The zero-order chi connectivity index (χ0) is 28.6. The van der Waals surface area contributed by atoms with Crippen molar-refractivity contribution in [3.05, 3.63) is 100 Å². The van der Waals surface area contributed by atoms with E-state index in [2.05, 4.69) is 5.32 Å². The summed E-state index contributed by atoms with van der Waals surface area (Å²) >= 11 is 6.09. The van der Waals surface area contributed by atoms with Crippen molar-refractivity contribution >= 4 is 39.1 Å². The molecule has 7 nitrogen and oxygen atoms in total. The van der Waals surface area contributed by atoms with E-state index in [0.717, 1.165) is 39.2 Å². The second-order valence-electron chi connectivity index (χ2n) is 9.65. The molecule has 0 bridgehead atoms. The Morgan fingerprint density at radius 3 is 2.08 bits per heavy atom. The second kappa shape index (κ2) is 13.6. The van der Waals surface area contributed by atoms with Crippen LogP contribution >= 0.6 is 11.6 Å². The van der Waals surface area contributed by atoms with Crippen LogP contribution in [0.2, 0.25) is 5.02 Å². The first-order chi connectivity index (χ1) is 18.5. The Bertz CT molecular complexity index is 1360. The zero-order valence-corrected chi connectivity index (χ0v) is 24.4. The fraction of sp³-hybridized carbons (Fsp3) is 0.333. The SMILES string of the molecule is CCCNC(=O)C(Cc1ccccc1)N(Cc1ccc(Cl)cc1)C(=O)CN(c1c(C)cccc1C)S(C)(=O)=O. The van der Waals surface area contributed by atoms with Gasteiger partial charge in [0.2, 0.25) is 21.8 Å². The molecule has 0 aliphatic carbocycles. The third-order valence-corrected chi connectivity index (χ3v) is 7.82. The molecule has 0 saturated carbocycles. The van der Waals surface area contributed by atoms with E-state index in [1.54, 1.807) is 24.3 Å². The van der Waals surface area contributed by atoms with Crippen molar-refractivity contribution in [3.8, 4) is 0 Å². The molecule has 1 unspecified atom stereocenters. The number of hydrogen-bond donors (Lipinski definition) is 1. The topological polar surface area (TPSA) is 86.8 Å². The number of halogens is 1. The Morgan fingerprint density at radius 1 is 0.897 bits per heavy atom. The van der Waals surface area contributed by atoms with E-state index in [-0.39, 0.29) is 18.9 Å². The highest BCUT2D eigenvalue weighted by Gasteiger charge is 2.33. The van der Waals surface area contributed by atoms with Gasteiger partial charge in [-0.3, -0.25) is 13.9 Å². The fourth-order valence-electron chi connectivity index (χ4n) is 4.48. The molecule has 1 N–H and O–H groups in total. The lowest BCUT2D eigenvalue weighted by atomic mass is 10.0. The highest BCUT2D eigenvalue weighted by Crippen LogP contribution is 2.27. The summed E-state index contributed by atoms with van der Waals surface area (Å²) in [4.78, 5) is 29.1. The number of para-hydroxylation sites is 1. The zero-order valence-electron chi connectivity index (χ0n) is 22.9. The number of rotatable bonds is 12. The summed E-state index contributed by atoms with van der Waals surface area (Å²) in [5.41, 5.74) is 3.60. The van der Waals surface area contributed by atoms with Crippen LogP contribution < -0.4 is 9.62 Å². The van der Waals surface area contributed by atoms with Crippen LogP contribution in [0.4, 0.5) is 5.69 Å². The van der Waals surface area contributed by atoms with Crippen LogP contribution in [0.5, 0.6) is 0 Å². The molecule has 0 saturated heterocycles. The number of sulfonamides is 1. The van der Waals surface area contributed by atoms with Crippen molar-refractivity contribution in [2.75, 3.05) is 23.7 Å². The predicted molar refractivity (Wildman–Crippen MR) is 157 cm³/mol. The molecule has 0 spiro atoms. The summed E-state index contributed by atoms with van der Waals surface area (Å²) in [5.74, 6) is -0.772. The number of aryl methyl sites for hydroxylation is 2. The van der Waals surface area contributed by atoms with Crippen LogP contribution in [0.1, 0.15) is 35.6 Å². The van der Waals surface area contributed by atoms with Crippen LogP contribution in [-0.2, 0) is 32.6 Å². The minimum atomic E-state index is -3.82. The molecule has 3 aromatic rings. The Labute approximate surface area is 236 Å². The predicted octanol–water partition coefficient (Wildman–Crippen LogP) is 4.89. The number of hydrogen-bond acceptors (Lipinski definition) is 4. The summed E-state index contributed by atoms with van der Waals surface area (Å²) in [5, 5.41) is 3.48. The number of benzene rings is 3. The van der Waals surface area contributed by atoms with Crippen LogP contribution in [0.3, 0.4) is 0 Å². The van der Waals surface area contributed by atoms with Gasteiger partial charge in [-0.05, 0) is 54.7 Å². The molecule has 2 amide bonds. The van der Waals surface area contributed by atoms with E-state index in [1.807, 2.05) is 69.3 Å². The summed E-state index contributed by atoms with van der Waals surface area (Å²) in [6.07, 6.45) is 2.10. The minimum Gasteiger partial charge on any atom is -0.354 e. The fourth-order valence-corrected chi connectivity index (χ4v) is 5.57. The molecule has 9 heteroatoms. The monoisotopic (exact) mass is 569 g/mol. The van der Waals surface area contributed by atoms with Crippen molar-refractivity contribution in [3.63, 3.8) is 0 Å². The highest BCUT2D eigenvalue weighted by molar-refractivity contribution is 7.92. The lowest BCUT2D eigenvalue weighted by Crippen LogP contribution is -2.53. The van der Waals surface area contributed by atoms with E-state index in [1.165, 1.54) is 4.90 Å². The van der Waals surface area contributed by atoms with Crippen molar-refractivity contribution < 1.29 is 18.0 Å². The number of nitrogens with zero attached hydrogens (tertiary/aromatic N) is 2. The number of carbonyl (C=O) groups is 2. The van der Waals surface area contributed by atoms with Gasteiger partial charge in [0, 0.05) is 24.5 Å². The molecule has 1 atom stereocenters. The van der Waals surface area contributed by atoms with Gasteiger partial charge < -0.3 is 10.2 Å². The molecule has 0 heterocycles. The molecule has 0 aromatic heterocycles. The summed E-state index contributed by atoms with van der Waals surface area (Å²) in [7, 11) is -3.82. The first kappa shape index (κ1) is 30.2. The highest BCUT2D eigenvalue weighted by atomic mass is 35.5. The van der Waals surface area contributed by atoms with Gasteiger partial charge >= 0.3 is 0 Å². The number of nitrogens with one attached hydrogen (secondary N) is 1. The first-order valence-corrected chi connectivity index (χ1v) is 15.1. The Balaban J connectivity index is 2.07. The lowest BCUT2D eigenvalue weighted by molar-refractivity contribution is -0.140. The molecule has 0 aliphatic heterocycles. The maximum Gasteiger partial charge on any atom is 0.244 e. The lowest BCUT2D eigenvalue weighted by Gasteiger charge is -2.34. The van der Waals surface area contributed by atoms with Crippen molar-refractivity contribution in [2.24, 2.45) is 0 Å². The molecule has 0 fully saturated rings. The van der Waals surface area contributed by atoms with Crippen molar-refractivity contribution in [1.82, 2.24) is 10.2 Å². The molecular weight excluding hydrogens is 534 g/mol. The standard InChI is InChI=1S/C30H36ClN3O4S/c1-5-18-32-30(36)27(19-24-12-7-6-8-13-24)33(20-25-14-16-26(31)17-15-25)28(35)21-34(39(4,37)38)29-22(2)10-9-11-23(29)3/h6-17,27H,5,18-21H2,1-4H3,(H,32,36). The van der Waals surface area contributed by atoms with Gasteiger partial charge in [-0.2, -0.15) is 0 Å². The van der Waals surface area contributed by atoms with E-state index in [0.29, 0.717) is 17.3 Å². The molecule has 0 radical (unpaired) electrons. The normalized spacial score (nSPS) is 12.0. The average molecular weight is 570 g/mol. The molecule has 3 aromatic carbocycles. The van der Waals surface area contributed by atoms with Crippen LogP contribution in [0.15, 0.2) is 72.8 Å². The summed E-state index contributed by atoms with van der Waals surface area (Å²) in [6, 6.07) is 21.1. The average Bonchev–Trinajstić information content (AvgIpc) is 2.89. The summed E-state index contributed by atoms with van der Waals surface area (Å²) < 4.78 is 27.1. The van der Waals surface area contributed by atoms with Crippen LogP contribution in [0, 0.1) is 13.8 Å². The van der Waals surface area contributed by atoms with Gasteiger partial charge in [-0.1, -0.05) is 79.2 Å². The molecule has 208 valence electrons. The van der Waals surface area contributed by atoms with Crippen molar-refractivity contribution in [1.29, 1.82) is 0 Å². The Kier molecular flexibility index (Phi) is 10.5. The maximum atomic E-state index is 14.1. The van der Waals surface area contributed by atoms with Gasteiger partial charge in [-0.15, -0.1) is 0 Å². The number of anilines is 1. The molecule has 0 aliphatic rings. The minimum absolute atomic E-state index is 0.109.